The first-order valence-corrected chi connectivity index (χ1v) is 9.13. The SMILES string of the molecule is CCC1(CC)NC(=O)N(CC(=O)N(CCCN)Cc2ccccc2)C1=O. The van der Waals surface area contributed by atoms with E-state index in [2.05, 4.69) is 5.32 Å². The van der Waals surface area contributed by atoms with Crippen molar-refractivity contribution in [1.29, 1.82) is 0 Å². The molecule has 0 atom stereocenters. The molecule has 142 valence electrons. The number of hydrogen-bond acceptors (Lipinski definition) is 4. The van der Waals surface area contributed by atoms with Crippen molar-refractivity contribution in [3.63, 3.8) is 0 Å². The Balaban J connectivity index is 2.11. The first-order valence-electron chi connectivity index (χ1n) is 9.13. The van der Waals surface area contributed by atoms with Crippen molar-refractivity contribution in [1.82, 2.24) is 15.1 Å². The molecule has 1 aromatic rings. The van der Waals surface area contributed by atoms with Crippen LogP contribution in [0.4, 0.5) is 4.79 Å². The van der Waals surface area contributed by atoms with Gasteiger partial charge in [-0.3, -0.25) is 14.5 Å². The van der Waals surface area contributed by atoms with E-state index in [4.69, 9.17) is 5.73 Å². The quantitative estimate of drug-likeness (QED) is 0.652. The fourth-order valence-electron chi connectivity index (χ4n) is 3.16. The van der Waals surface area contributed by atoms with Crippen molar-refractivity contribution in [3.8, 4) is 0 Å². The van der Waals surface area contributed by atoms with Crippen molar-refractivity contribution >= 4 is 17.8 Å². The minimum absolute atomic E-state index is 0.246. The molecule has 7 nitrogen and oxygen atoms in total. The van der Waals surface area contributed by atoms with Crippen LogP contribution in [0.5, 0.6) is 0 Å². The number of amides is 4. The van der Waals surface area contributed by atoms with E-state index in [-0.39, 0.29) is 18.4 Å². The second kappa shape index (κ2) is 8.80. The zero-order chi connectivity index (χ0) is 19.2. The molecule has 1 aliphatic heterocycles. The van der Waals surface area contributed by atoms with Crippen LogP contribution in [-0.2, 0) is 16.1 Å². The zero-order valence-corrected chi connectivity index (χ0v) is 15.5. The van der Waals surface area contributed by atoms with Crippen molar-refractivity contribution in [2.24, 2.45) is 5.73 Å². The molecule has 2 rings (SSSR count). The lowest BCUT2D eigenvalue weighted by atomic mass is 9.93. The van der Waals surface area contributed by atoms with Crippen LogP contribution in [-0.4, -0.2) is 52.8 Å². The van der Waals surface area contributed by atoms with E-state index in [9.17, 15) is 14.4 Å². The largest absolute Gasteiger partial charge is 0.337 e. The Labute approximate surface area is 154 Å². The van der Waals surface area contributed by atoms with Gasteiger partial charge in [0.05, 0.1) is 0 Å². The van der Waals surface area contributed by atoms with E-state index in [0.717, 1.165) is 10.5 Å². The van der Waals surface area contributed by atoms with Crippen LogP contribution < -0.4 is 11.1 Å². The van der Waals surface area contributed by atoms with E-state index in [0.29, 0.717) is 38.9 Å². The highest BCUT2D eigenvalue weighted by molar-refractivity contribution is 6.08. The van der Waals surface area contributed by atoms with Crippen LogP contribution in [0.15, 0.2) is 30.3 Å². The van der Waals surface area contributed by atoms with E-state index in [1.807, 2.05) is 44.2 Å². The first kappa shape index (κ1) is 19.9. The third-order valence-electron chi connectivity index (χ3n) is 4.95. The number of rotatable bonds is 9. The number of hydrogen-bond donors (Lipinski definition) is 2. The number of urea groups is 1. The molecule has 0 unspecified atom stereocenters. The van der Waals surface area contributed by atoms with Crippen molar-refractivity contribution in [2.75, 3.05) is 19.6 Å². The Kier molecular flexibility index (Phi) is 6.74. The van der Waals surface area contributed by atoms with Crippen LogP contribution in [0, 0.1) is 0 Å². The number of imide groups is 1. The lowest BCUT2D eigenvalue weighted by Crippen LogP contribution is -2.47. The van der Waals surface area contributed by atoms with E-state index in [1.165, 1.54) is 0 Å². The molecular weight excluding hydrogens is 332 g/mol. The maximum absolute atomic E-state index is 12.8. The van der Waals surface area contributed by atoms with Gasteiger partial charge in [-0.2, -0.15) is 0 Å². The van der Waals surface area contributed by atoms with Gasteiger partial charge in [-0.1, -0.05) is 44.2 Å². The molecule has 0 aromatic heterocycles. The van der Waals surface area contributed by atoms with Gasteiger partial charge in [-0.05, 0) is 31.4 Å². The molecule has 26 heavy (non-hydrogen) atoms. The topological polar surface area (TPSA) is 95.7 Å². The monoisotopic (exact) mass is 360 g/mol. The van der Waals surface area contributed by atoms with Gasteiger partial charge in [0.1, 0.15) is 12.1 Å². The summed E-state index contributed by atoms with van der Waals surface area (Å²) < 4.78 is 0. The lowest BCUT2D eigenvalue weighted by molar-refractivity contribution is -0.139. The minimum atomic E-state index is -0.890. The van der Waals surface area contributed by atoms with Crippen LogP contribution in [0.2, 0.25) is 0 Å². The third-order valence-corrected chi connectivity index (χ3v) is 4.95. The lowest BCUT2D eigenvalue weighted by Gasteiger charge is -2.26. The Hall–Kier alpha value is -2.41. The van der Waals surface area contributed by atoms with E-state index in [1.54, 1.807) is 4.90 Å². The van der Waals surface area contributed by atoms with Crippen LogP contribution in [0.3, 0.4) is 0 Å². The number of benzene rings is 1. The Bertz CT molecular complexity index is 643. The second-order valence-electron chi connectivity index (χ2n) is 6.55. The number of nitrogens with zero attached hydrogens (tertiary/aromatic N) is 2. The van der Waals surface area contributed by atoms with Crippen LogP contribution >= 0.6 is 0 Å². The highest BCUT2D eigenvalue weighted by Gasteiger charge is 2.49. The number of carbonyl (C=O) groups is 3. The van der Waals surface area contributed by atoms with Crippen molar-refractivity contribution in [2.45, 2.75) is 45.2 Å². The summed E-state index contributed by atoms with van der Waals surface area (Å²) >= 11 is 0. The van der Waals surface area contributed by atoms with Gasteiger partial charge >= 0.3 is 6.03 Å². The van der Waals surface area contributed by atoms with Gasteiger partial charge in [0.25, 0.3) is 5.91 Å². The third kappa shape index (κ3) is 4.22. The average Bonchev–Trinajstić information content (AvgIpc) is 2.90. The fourth-order valence-corrected chi connectivity index (χ4v) is 3.16. The average molecular weight is 360 g/mol. The maximum atomic E-state index is 12.8. The highest BCUT2D eigenvalue weighted by Crippen LogP contribution is 2.24. The number of carbonyl (C=O) groups excluding carboxylic acids is 3. The molecule has 3 N–H and O–H groups in total. The summed E-state index contributed by atoms with van der Waals surface area (Å²) in [7, 11) is 0. The highest BCUT2D eigenvalue weighted by atomic mass is 16.2. The Morgan fingerprint density at radius 1 is 1.19 bits per heavy atom. The van der Waals surface area contributed by atoms with E-state index >= 15 is 0 Å². The summed E-state index contributed by atoms with van der Waals surface area (Å²) in [5, 5.41) is 2.75. The smallest absolute Gasteiger partial charge is 0.325 e. The van der Waals surface area contributed by atoms with Gasteiger partial charge in [0.15, 0.2) is 0 Å². The van der Waals surface area contributed by atoms with Gasteiger partial charge < -0.3 is 16.0 Å². The number of nitrogens with one attached hydrogen (secondary N) is 1. The Morgan fingerprint density at radius 2 is 1.85 bits per heavy atom. The molecule has 1 aromatic carbocycles. The summed E-state index contributed by atoms with van der Waals surface area (Å²) in [6.07, 6.45) is 1.66. The molecule has 1 saturated heterocycles. The molecule has 0 bridgehead atoms. The molecular formula is C19H28N4O3. The standard InChI is InChI=1S/C19H28N4O3/c1-3-19(4-2)17(25)23(18(26)21-19)14-16(24)22(12-8-11-20)13-15-9-6-5-7-10-15/h5-7,9-10H,3-4,8,11-14,20H2,1-2H3,(H,21,26). The van der Waals surface area contributed by atoms with Gasteiger partial charge in [0, 0.05) is 13.1 Å². The first-order chi connectivity index (χ1) is 12.5. The molecule has 1 fully saturated rings. The van der Waals surface area contributed by atoms with Crippen LogP contribution in [0.1, 0.15) is 38.7 Å². The van der Waals surface area contributed by atoms with Gasteiger partial charge in [0.2, 0.25) is 5.91 Å². The maximum Gasteiger partial charge on any atom is 0.325 e. The molecule has 0 saturated carbocycles. The molecule has 0 aliphatic carbocycles. The molecule has 7 heteroatoms. The molecule has 1 aliphatic rings. The minimum Gasteiger partial charge on any atom is -0.337 e. The summed E-state index contributed by atoms with van der Waals surface area (Å²) in [5.74, 6) is -0.576. The number of nitrogens with two attached hydrogens (primary N) is 1. The summed E-state index contributed by atoms with van der Waals surface area (Å²) in [5.41, 5.74) is 5.69. The Morgan fingerprint density at radius 3 is 2.38 bits per heavy atom. The summed E-state index contributed by atoms with van der Waals surface area (Å²) in [4.78, 5) is 40.4. The summed E-state index contributed by atoms with van der Waals surface area (Å²) in [6, 6.07) is 9.12. The van der Waals surface area contributed by atoms with Gasteiger partial charge in [-0.15, -0.1) is 0 Å². The van der Waals surface area contributed by atoms with Crippen LogP contribution in [0.25, 0.3) is 0 Å². The zero-order valence-electron chi connectivity index (χ0n) is 15.5. The second-order valence-corrected chi connectivity index (χ2v) is 6.55. The van der Waals surface area contributed by atoms with Crippen molar-refractivity contribution < 1.29 is 14.4 Å². The van der Waals surface area contributed by atoms with Gasteiger partial charge in [-0.25, -0.2) is 4.79 Å². The predicted octanol–water partition coefficient (Wildman–Crippen LogP) is 1.47. The normalized spacial score (nSPS) is 15.9. The van der Waals surface area contributed by atoms with Crippen molar-refractivity contribution in [3.05, 3.63) is 35.9 Å². The molecule has 1 heterocycles. The predicted molar refractivity (Wildman–Crippen MR) is 99.1 cm³/mol. The molecule has 0 radical (unpaired) electrons. The van der Waals surface area contributed by atoms with E-state index < -0.39 is 11.6 Å². The summed E-state index contributed by atoms with van der Waals surface area (Å²) in [6.45, 7) is 4.85. The fraction of sp³-hybridized carbons (Fsp3) is 0.526. The molecule has 0 spiro atoms. The molecule has 4 amide bonds.